The molecule has 2 N–H and O–H groups in total. The molecule has 0 saturated carbocycles. The third-order valence-corrected chi connectivity index (χ3v) is 4.05. The van der Waals surface area contributed by atoms with E-state index in [9.17, 15) is 9.90 Å². The van der Waals surface area contributed by atoms with Gasteiger partial charge in [-0.15, -0.1) is 0 Å². The Morgan fingerprint density at radius 3 is 2.71 bits per heavy atom. The third kappa shape index (κ3) is 3.70. The Bertz CT molecular complexity index is 578. The third-order valence-electron chi connectivity index (χ3n) is 4.05. The van der Waals surface area contributed by atoms with E-state index in [-0.39, 0.29) is 12.5 Å². The van der Waals surface area contributed by atoms with Gasteiger partial charge in [0.15, 0.2) is 5.79 Å². The number of aliphatic hydroxyl groups excluding tert-OH is 1. The molecule has 2 saturated heterocycles. The molecule has 2 aliphatic heterocycles. The molecule has 0 aliphatic carbocycles. The molecule has 2 fully saturated rings. The van der Waals surface area contributed by atoms with E-state index in [1.54, 1.807) is 26.0 Å². The van der Waals surface area contributed by atoms with Crippen molar-refractivity contribution in [1.29, 1.82) is 0 Å². The summed E-state index contributed by atoms with van der Waals surface area (Å²) in [5, 5.41) is 13.4. The Kier molecular flexibility index (Phi) is 4.78. The fourth-order valence-corrected chi connectivity index (χ4v) is 2.97. The van der Waals surface area contributed by atoms with Crippen molar-refractivity contribution in [1.82, 2.24) is 5.32 Å². The first-order valence-electron chi connectivity index (χ1n) is 8.00. The highest BCUT2D eigenvalue weighted by molar-refractivity contribution is 5.73. The van der Waals surface area contributed by atoms with Crippen molar-refractivity contribution < 1.29 is 28.8 Å². The Hall–Kier alpha value is -1.67. The molecule has 24 heavy (non-hydrogen) atoms. The zero-order valence-corrected chi connectivity index (χ0v) is 14.0. The zero-order valence-electron chi connectivity index (χ0n) is 14.0. The zero-order chi connectivity index (χ0) is 17.3. The van der Waals surface area contributed by atoms with Gasteiger partial charge in [-0.05, 0) is 26.0 Å². The van der Waals surface area contributed by atoms with Gasteiger partial charge >= 0.3 is 0 Å². The molecule has 0 unspecified atom stereocenters. The molecule has 5 atom stereocenters. The molecule has 7 heteroatoms. The van der Waals surface area contributed by atoms with Crippen LogP contribution < -0.4 is 10.1 Å². The Balaban J connectivity index is 1.81. The maximum Gasteiger partial charge on any atom is 0.223 e. The largest absolute Gasteiger partial charge is 0.463 e. The van der Waals surface area contributed by atoms with Crippen LogP contribution in [0.5, 0.6) is 5.75 Å². The minimum Gasteiger partial charge on any atom is -0.463 e. The topological polar surface area (TPSA) is 86.3 Å². The molecule has 0 bridgehead atoms. The van der Waals surface area contributed by atoms with Gasteiger partial charge in [0.25, 0.3) is 0 Å². The molecule has 3 rings (SSSR count). The number of benzene rings is 1. The van der Waals surface area contributed by atoms with E-state index in [2.05, 4.69) is 5.32 Å². The molecule has 0 aromatic heterocycles. The number of aliphatic hydroxyl groups is 1. The minimum absolute atomic E-state index is 0.274. The summed E-state index contributed by atoms with van der Waals surface area (Å²) in [5.74, 6) is -0.519. The number of nitrogens with one attached hydrogen (secondary N) is 1. The smallest absolute Gasteiger partial charge is 0.223 e. The summed E-state index contributed by atoms with van der Waals surface area (Å²) in [4.78, 5) is 11.5. The van der Waals surface area contributed by atoms with Crippen molar-refractivity contribution in [3.05, 3.63) is 30.3 Å². The molecule has 1 amide bonds. The molecule has 132 valence electrons. The predicted molar refractivity (Wildman–Crippen MR) is 84.2 cm³/mol. The van der Waals surface area contributed by atoms with Crippen LogP contribution in [0.25, 0.3) is 0 Å². The molecule has 1 aromatic rings. The molecule has 0 spiro atoms. The molecular weight excluding hydrogens is 314 g/mol. The second-order valence-corrected chi connectivity index (χ2v) is 6.48. The van der Waals surface area contributed by atoms with Crippen LogP contribution in [-0.4, -0.2) is 54.1 Å². The van der Waals surface area contributed by atoms with Crippen molar-refractivity contribution in [3.8, 4) is 5.75 Å². The number of rotatable bonds is 3. The summed E-state index contributed by atoms with van der Waals surface area (Å²) in [6, 6.07) is 8.35. The van der Waals surface area contributed by atoms with E-state index in [4.69, 9.17) is 18.9 Å². The van der Waals surface area contributed by atoms with E-state index >= 15 is 0 Å². The lowest BCUT2D eigenvalue weighted by Crippen LogP contribution is -2.69. The number of carbonyl (C=O) groups is 1. The van der Waals surface area contributed by atoms with Gasteiger partial charge in [-0.3, -0.25) is 4.79 Å². The number of para-hydroxylation sites is 1. The summed E-state index contributed by atoms with van der Waals surface area (Å²) in [5.41, 5.74) is 0. The SMILES string of the molecule is CC(=O)N[C@@H]1[C@H](Oc2ccccc2)O[C@@H]2COC(C)(C)O[C@@H]2[C@H]1O. The van der Waals surface area contributed by atoms with Gasteiger partial charge in [-0.2, -0.15) is 0 Å². The predicted octanol–water partition coefficient (Wildman–Crippen LogP) is 0.807. The molecule has 7 nitrogen and oxygen atoms in total. The molecule has 0 radical (unpaired) electrons. The molecule has 2 aliphatic rings. The van der Waals surface area contributed by atoms with Crippen molar-refractivity contribution in [2.45, 2.75) is 57.2 Å². The van der Waals surface area contributed by atoms with E-state index in [1.807, 2.05) is 18.2 Å². The summed E-state index contributed by atoms with van der Waals surface area (Å²) in [6.45, 7) is 5.20. The highest BCUT2D eigenvalue weighted by Crippen LogP contribution is 2.33. The Morgan fingerprint density at radius 2 is 2.04 bits per heavy atom. The normalized spacial score (nSPS) is 34.9. The van der Waals surface area contributed by atoms with Gasteiger partial charge in [0.05, 0.1) is 6.61 Å². The van der Waals surface area contributed by atoms with E-state index in [0.717, 1.165) is 0 Å². The average Bonchev–Trinajstić information content (AvgIpc) is 2.52. The number of hydrogen-bond donors (Lipinski definition) is 2. The van der Waals surface area contributed by atoms with E-state index in [0.29, 0.717) is 5.75 Å². The number of fused-ring (bicyclic) bond motifs is 1. The lowest BCUT2D eigenvalue weighted by atomic mass is 9.95. The fourth-order valence-electron chi connectivity index (χ4n) is 2.97. The van der Waals surface area contributed by atoms with Gasteiger partial charge in [-0.25, -0.2) is 0 Å². The van der Waals surface area contributed by atoms with Crippen LogP contribution in [0.15, 0.2) is 30.3 Å². The quantitative estimate of drug-likeness (QED) is 0.849. The van der Waals surface area contributed by atoms with E-state index in [1.165, 1.54) is 6.92 Å². The minimum atomic E-state index is -0.982. The number of hydrogen-bond acceptors (Lipinski definition) is 6. The number of carbonyl (C=O) groups excluding carboxylic acids is 1. The lowest BCUT2D eigenvalue weighted by molar-refractivity contribution is -0.361. The monoisotopic (exact) mass is 337 g/mol. The second kappa shape index (κ2) is 6.68. The highest BCUT2D eigenvalue weighted by Gasteiger charge is 2.52. The van der Waals surface area contributed by atoms with Crippen LogP contribution in [0.4, 0.5) is 0 Å². The highest BCUT2D eigenvalue weighted by atomic mass is 16.8. The van der Waals surface area contributed by atoms with Crippen molar-refractivity contribution >= 4 is 5.91 Å². The van der Waals surface area contributed by atoms with Crippen molar-refractivity contribution in [2.24, 2.45) is 0 Å². The molecule has 2 heterocycles. The molecular formula is C17H23NO6. The average molecular weight is 337 g/mol. The van der Waals surface area contributed by atoms with Crippen LogP contribution >= 0.6 is 0 Å². The van der Waals surface area contributed by atoms with Crippen LogP contribution in [0.2, 0.25) is 0 Å². The lowest BCUT2D eigenvalue weighted by Gasteiger charge is -2.49. The Morgan fingerprint density at radius 1 is 1.33 bits per heavy atom. The fraction of sp³-hybridized carbons (Fsp3) is 0.588. The summed E-state index contributed by atoms with van der Waals surface area (Å²) in [6.07, 6.45) is -2.92. The van der Waals surface area contributed by atoms with Gasteiger partial charge in [-0.1, -0.05) is 18.2 Å². The maximum absolute atomic E-state index is 11.5. The second-order valence-electron chi connectivity index (χ2n) is 6.48. The van der Waals surface area contributed by atoms with Gasteiger partial charge in [0, 0.05) is 6.92 Å². The van der Waals surface area contributed by atoms with Gasteiger partial charge in [0.2, 0.25) is 12.2 Å². The Labute approximate surface area is 140 Å². The molecule has 1 aromatic carbocycles. The van der Waals surface area contributed by atoms with Gasteiger partial charge < -0.3 is 29.4 Å². The first-order valence-corrected chi connectivity index (χ1v) is 8.00. The van der Waals surface area contributed by atoms with Crippen LogP contribution in [-0.2, 0) is 19.0 Å². The first kappa shape index (κ1) is 17.2. The van der Waals surface area contributed by atoms with Crippen molar-refractivity contribution in [3.63, 3.8) is 0 Å². The summed E-state index contributed by atoms with van der Waals surface area (Å²) < 4.78 is 23.1. The standard InChI is InChI=1S/C17H23NO6/c1-10(19)18-13-14(20)15-12(9-21-17(2,3)24-15)23-16(13)22-11-7-5-4-6-8-11/h4-8,12-16,20H,9H2,1-3H3,(H,18,19)/t12-,13+,14+,15+,16-/m1/s1. The van der Waals surface area contributed by atoms with Crippen molar-refractivity contribution in [2.75, 3.05) is 6.61 Å². The number of ether oxygens (including phenoxy) is 4. The maximum atomic E-state index is 11.5. The van der Waals surface area contributed by atoms with Crippen LogP contribution in [0, 0.1) is 0 Å². The van der Waals surface area contributed by atoms with Gasteiger partial charge in [0.1, 0.15) is 30.1 Å². The summed E-state index contributed by atoms with van der Waals surface area (Å²) in [7, 11) is 0. The van der Waals surface area contributed by atoms with Crippen LogP contribution in [0.3, 0.4) is 0 Å². The van der Waals surface area contributed by atoms with E-state index < -0.39 is 36.4 Å². The first-order chi connectivity index (χ1) is 11.4. The van der Waals surface area contributed by atoms with Crippen LogP contribution in [0.1, 0.15) is 20.8 Å². The number of amides is 1. The summed E-state index contributed by atoms with van der Waals surface area (Å²) >= 11 is 0.